The molecule has 2 rings (SSSR count). The van der Waals surface area contributed by atoms with Crippen molar-refractivity contribution in [2.45, 2.75) is 102 Å². The predicted molar refractivity (Wildman–Crippen MR) is 156 cm³/mol. The van der Waals surface area contributed by atoms with Crippen LogP contribution in [-0.4, -0.2) is 39.8 Å². The Balaban J connectivity index is 2.42. The summed E-state index contributed by atoms with van der Waals surface area (Å²) < 4.78 is 35.9. The van der Waals surface area contributed by atoms with Crippen LogP contribution in [0.5, 0.6) is 5.75 Å². The molecule has 7 nitrogen and oxygen atoms in total. The molecule has 0 fully saturated rings. The monoisotopic (exact) mass is 559 g/mol. The molecule has 0 spiro atoms. The molecule has 0 aliphatic carbocycles. The topological polar surface area (TPSA) is 98.8 Å². The van der Waals surface area contributed by atoms with Gasteiger partial charge in [0, 0.05) is 12.1 Å². The molecule has 216 valence electrons. The summed E-state index contributed by atoms with van der Waals surface area (Å²) in [7, 11) is -0.585. The second-order valence-corrected chi connectivity index (χ2v) is 13.8. The Morgan fingerprint density at radius 1 is 1.00 bits per heavy atom. The van der Waals surface area contributed by atoms with Crippen LogP contribution >= 0.6 is 0 Å². The normalized spacial score (nSPS) is 12.7. The summed E-state index contributed by atoms with van der Waals surface area (Å²) in [5.41, 5.74) is 2.99. The highest BCUT2D eigenvalue weighted by Crippen LogP contribution is 2.36. The summed E-state index contributed by atoms with van der Waals surface area (Å²) >= 11 is 0. The molecule has 0 aliphatic rings. The lowest BCUT2D eigenvalue weighted by atomic mass is 9.84. The van der Waals surface area contributed by atoms with E-state index in [1.54, 1.807) is 32.0 Å². The number of benzene rings is 2. The molecule has 1 N–H and O–H groups in total. The summed E-state index contributed by atoms with van der Waals surface area (Å²) in [6.45, 7) is 11.7. The number of rotatable bonds is 13. The van der Waals surface area contributed by atoms with Gasteiger partial charge in [-0.1, -0.05) is 65.2 Å². The number of hydrogen-bond acceptors (Lipinski definition) is 6. The second-order valence-electron chi connectivity index (χ2n) is 11.3. The first-order valence-electron chi connectivity index (χ1n) is 13.7. The van der Waals surface area contributed by atoms with Crippen molar-refractivity contribution in [1.29, 1.82) is 0 Å². The summed E-state index contributed by atoms with van der Waals surface area (Å²) in [5, 5.41) is 2.55. The molecule has 0 radical (unpaired) electrons. The molecule has 2 aromatic carbocycles. The molecule has 0 heterocycles. The highest BCUT2D eigenvalue weighted by atomic mass is 32.2. The first kappa shape index (κ1) is 32.3. The van der Waals surface area contributed by atoms with Crippen molar-refractivity contribution >= 4 is 27.4 Å². The summed E-state index contributed by atoms with van der Waals surface area (Å²) in [6.07, 6.45) is 4.11. The van der Waals surface area contributed by atoms with E-state index < -0.39 is 15.1 Å². The fourth-order valence-electron chi connectivity index (χ4n) is 4.61. The van der Waals surface area contributed by atoms with Gasteiger partial charge in [0.1, 0.15) is 5.75 Å². The standard InChI is InChI=1S/C31H45NO6S/c1-9-10-11-12-23(25-15-14-24(20-28(25)37-7)39(35,36)21(2)3)19-29(33)32-27-17-22(18-30(34)38-8)13-16-26(27)31(4,5)6/h13-17,20-21,23H,9-12,18-19H2,1-8H3,(H,32,33). The first-order valence-corrected chi connectivity index (χ1v) is 15.2. The van der Waals surface area contributed by atoms with Crippen molar-refractivity contribution in [1.82, 2.24) is 0 Å². The molecule has 1 atom stereocenters. The van der Waals surface area contributed by atoms with E-state index in [0.717, 1.165) is 42.4 Å². The average molecular weight is 560 g/mol. The smallest absolute Gasteiger partial charge is 0.309 e. The Hall–Kier alpha value is -2.87. The maximum atomic E-state index is 13.5. The fraction of sp³-hybridized carbons (Fsp3) is 0.548. The van der Waals surface area contributed by atoms with Crippen LogP contribution in [0.3, 0.4) is 0 Å². The number of hydrogen-bond donors (Lipinski definition) is 1. The van der Waals surface area contributed by atoms with Crippen LogP contribution < -0.4 is 10.1 Å². The van der Waals surface area contributed by atoms with Gasteiger partial charge in [-0.25, -0.2) is 8.42 Å². The SMILES string of the molecule is CCCCCC(CC(=O)Nc1cc(CC(=O)OC)ccc1C(C)(C)C)c1ccc(S(=O)(=O)C(C)C)cc1OC. The number of ether oxygens (including phenoxy) is 2. The lowest BCUT2D eigenvalue weighted by Gasteiger charge is -2.25. The van der Waals surface area contributed by atoms with Gasteiger partial charge in [-0.15, -0.1) is 0 Å². The Morgan fingerprint density at radius 3 is 2.26 bits per heavy atom. The van der Waals surface area contributed by atoms with Crippen LogP contribution in [0.25, 0.3) is 0 Å². The van der Waals surface area contributed by atoms with Crippen LogP contribution in [0.2, 0.25) is 0 Å². The van der Waals surface area contributed by atoms with Gasteiger partial charge >= 0.3 is 5.97 Å². The Morgan fingerprint density at radius 2 is 1.69 bits per heavy atom. The third kappa shape index (κ3) is 8.82. The van der Waals surface area contributed by atoms with Gasteiger partial charge in [-0.05, 0) is 66.5 Å². The average Bonchev–Trinajstić information content (AvgIpc) is 2.87. The van der Waals surface area contributed by atoms with E-state index in [9.17, 15) is 18.0 Å². The number of sulfone groups is 1. The lowest BCUT2D eigenvalue weighted by Crippen LogP contribution is -2.21. The predicted octanol–water partition coefficient (Wildman–Crippen LogP) is 6.58. The highest BCUT2D eigenvalue weighted by Gasteiger charge is 2.26. The Labute approximate surface area is 234 Å². The third-order valence-corrected chi connectivity index (χ3v) is 9.08. The highest BCUT2D eigenvalue weighted by molar-refractivity contribution is 7.92. The van der Waals surface area contributed by atoms with Gasteiger partial charge in [-0.3, -0.25) is 9.59 Å². The molecule has 2 aromatic rings. The van der Waals surface area contributed by atoms with Crippen molar-refractivity contribution in [2.75, 3.05) is 19.5 Å². The van der Waals surface area contributed by atoms with Crippen LogP contribution in [0.1, 0.15) is 96.3 Å². The number of amides is 1. The maximum absolute atomic E-state index is 13.5. The van der Waals surface area contributed by atoms with Crippen molar-refractivity contribution in [3.05, 3.63) is 53.1 Å². The zero-order valence-corrected chi connectivity index (χ0v) is 25.5. The van der Waals surface area contributed by atoms with E-state index in [1.165, 1.54) is 14.2 Å². The number of nitrogens with one attached hydrogen (secondary N) is 1. The van der Waals surface area contributed by atoms with Crippen molar-refractivity contribution < 1.29 is 27.5 Å². The number of methoxy groups -OCH3 is 2. The van der Waals surface area contributed by atoms with E-state index >= 15 is 0 Å². The van der Waals surface area contributed by atoms with Crippen molar-refractivity contribution in [3.63, 3.8) is 0 Å². The number of unbranched alkanes of at least 4 members (excludes halogenated alkanes) is 2. The quantitative estimate of drug-likeness (QED) is 0.220. The summed E-state index contributed by atoms with van der Waals surface area (Å²) in [4.78, 5) is 25.5. The van der Waals surface area contributed by atoms with Crippen LogP contribution in [0.15, 0.2) is 41.3 Å². The molecule has 0 aliphatic heterocycles. The zero-order valence-electron chi connectivity index (χ0n) is 24.7. The van der Waals surface area contributed by atoms with Gasteiger partial charge in [0.05, 0.1) is 30.8 Å². The molecule has 0 saturated carbocycles. The molecular weight excluding hydrogens is 514 g/mol. The molecule has 8 heteroatoms. The fourth-order valence-corrected chi connectivity index (χ4v) is 5.68. The minimum atomic E-state index is -3.46. The molecule has 0 bridgehead atoms. The van der Waals surface area contributed by atoms with Crippen LogP contribution in [0, 0.1) is 0 Å². The van der Waals surface area contributed by atoms with Gasteiger partial charge in [0.25, 0.3) is 0 Å². The molecule has 39 heavy (non-hydrogen) atoms. The van der Waals surface area contributed by atoms with Crippen LogP contribution in [-0.2, 0) is 36.0 Å². The molecular formula is C31H45NO6S. The van der Waals surface area contributed by atoms with Gasteiger partial charge in [0.2, 0.25) is 5.91 Å². The number of carbonyl (C=O) groups excluding carboxylic acids is 2. The minimum Gasteiger partial charge on any atom is -0.496 e. The van der Waals surface area contributed by atoms with Gasteiger partial charge in [0.15, 0.2) is 9.84 Å². The molecule has 1 amide bonds. The maximum Gasteiger partial charge on any atom is 0.309 e. The zero-order chi connectivity index (χ0) is 29.4. The molecule has 1 unspecified atom stereocenters. The second kappa shape index (κ2) is 14.0. The van der Waals surface area contributed by atoms with E-state index in [-0.39, 0.29) is 40.9 Å². The number of anilines is 1. The Kier molecular flexibility index (Phi) is 11.6. The molecule has 0 saturated heterocycles. The number of esters is 1. The van der Waals surface area contributed by atoms with E-state index in [2.05, 4.69) is 33.0 Å². The van der Waals surface area contributed by atoms with Crippen molar-refractivity contribution in [3.8, 4) is 5.75 Å². The van der Waals surface area contributed by atoms with E-state index in [1.807, 2.05) is 18.2 Å². The summed E-state index contributed by atoms with van der Waals surface area (Å²) in [5.74, 6) is -0.180. The van der Waals surface area contributed by atoms with Gasteiger partial charge in [-0.2, -0.15) is 0 Å². The molecule has 0 aromatic heterocycles. The Bertz CT molecular complexity index is 1240. The summed E-state index contributed by atoms with van der Waals surface area (Å²) in [6, 6.07) is 10.7. The van der Waals surface area contributed by atoms with Crippen molar-refractivity contribution in [2.24, 2.45) is 0 Å². The first-order chi connectivity index (χ1) is 18.2. The minimum absolute atomic E-state index is 0.117. The van der Waals surface area contributed by atoms with Gasteiger partial charge < -0.3 is 14.8 Å². The largest absolute Gasteiger partial charge is 0.496 e. The number of carbonyl (C=O) groups is 2. The third-order valence-electron chi connectivity index (χ3n) is 6.92. The van der Waals surface area contributed by atoms with E-state index in [4.69, 9.17) is 9.47 Å². The van der Waals surface area contributed by atoms with Crippen LogP contribution in [0.4, 0.5) is 5.69 Å². The lowest BCUT2D eigenvalue weighted by molar-refractivity contribution is -0.139. The van der Waals surface area contributed by atoms with E-state index in [0.29, 0.717) is 11.4 Å².